The zero-order valence-corrected chi connectivity index (χ0v) is 12.6. The summed E-state index contributed by atoms with van der Waals surface area (Å²) in [6.07, 6.45) is 0. The number of rotatable bonds is 3. The van der Waals surface area contributed by atoms with Crippen molar-refractivity contribution in [3.63, 3.8) is 0 Å². The molecule has 2 rings (SSSR count). The van der Waals surface area contributed by atoms with Gasteiger partial charge in [0.25, 0.3) is 0 Å². The third kappa shape index (κ3) is 4.07. The number of nitrogens with one attached hydrogen (secondary N) is 1. The Bertz CT molecular complexity index is 626. The molecule has 0 unspecified atom stereocenters. The second-order valence-corrected chi connectivity index (χ2v) is 5.96. The van der Waals surface area contributed by atoms with Crippen LogP contribution in [0, 0.1) is 12.3 Å². The van der Waals surface area contributed by atoms with Gasteiger partial charge in [-0.15, -0.1) is 11.3 Å². The van der Waals surface area contributed by atoms with Crippen LogP contribution in [0.5, 0.6) is 0 Å². The topological polar surface area (TPSA) is 101 Å². The van der Waals surface area contributed by atoms with E-state index in [1.165, 1.54) is 17.3 Å². The van der Waals surface area contributed by atoms with Crippen molar-refractivity contribution in [2.45, 2.75) is 12.7 Å². The lowest BCUT2D eigenvalue weighted by atomic mass is 10.2. The fourth-order valence-corrected chi connectivity index (χ4v) is 3.03. The van der Waals surface area contributed by atoms with Gasteiger partial charge in [0.2, 0.25) is 0 Å². The van der Waals surface area contributed by atoms with E-state index in [4.69, 9.17) is 16.9 Å². The summed E-state index contributed by atoms with van der Waals surface area (Å²) in [5.41, 5.74) is 13.7. The summed E-state index contributed by atoms with van der Waals surface area (Å²) < 4.78 is 0. The molecular formula is C13H15N5S2. The van der Waals surface area contributed by atoms with E-state index >= 15 is 0 Å². The van der Waals surface area contributed by atoms with Gasteiger partial charge in [0.1, 0.15) is 5.01 Å². The molecule has 0 atom stereocenters. The fourth-order valence-electron chi connectivity index (χ4n) is 1.49. The van der Waals surface area contributed by atoms with Crippen LogP contribution in [-0.4, -0.2) is 16.1 Å². The van der Waals surface area contributed by atoms with Crippen molar-refractivity contribution in [1.82, 2.24) is 4.98 Å². The van der Waals surface area contributed by atoms with E-state index in [9.17, 15) is 0 Å². The van der Waals surface area contributed by atoms with Crippen LogP contribution in [0.4, 0.5) is 0 Å². The number of aromatic nitrogens is 1. The van der Waals surface area contributed by atoms with Crippen molar-refractivity contribution in [3.05, 3.63) is 40.9 Å². The molecule has 104 valence electrons. The molecule has 0 radical (unpaired) electrons. The van der Waals surface area contributed by atoms with E-state index in [0.29, 0.717) is 5.75 Å². The van der Waals surface area contributed by atoms with Crippen LogP contribution in [0.3, 0.4) is 0 Å². The molecule has 0 bridgehead atoms. The minimum Gasteiger partial charge on any atom is -0.370 e. The van der Waals surface area contributed by atoms with Crippen molar-refractivity contribution in [1.29, 1.82) is 5.41 Å². The van der Waals surface area contributed by atoms with Crippen molar-refractivity contribution >= 4 is 34.2 Å². The molecule has 0 saturated heterocycles. The summed E-state index contributed by atoms with van der Waals surface area (Å²) in [5, 5.41) is 10.6. The predicted octanol–water partition coefficient (Wildman–Crippen LogP) is 2.56. The van der Waals surface area contributed by atoms with Gasteiger partial charge in [0.15, 0.2) is 11.1 Å². The van der Waals surface area contributed by atoms with Gasteiger partial charge < -0.3 is 11.5 Å². The maximum atomic E-state index is 7.55. The number of nitrogens with two attached hydrogens (primary N) is 2. The van der Waals surface area contributed by atoms with Crippen molar-refractivity contribution in [2.24, 2.45) is 16.5 Å². The van der Waals surface area contributed by atoms with Gasteiger partial charge in [0, 0.05) is 16.7 Å². The van der Waals surface area contributed by atoms with Crippen LogP contribution in [0.25, 0.3) is 10.6 Å². The predicted molar refractivity (Wildman–Crippen MR) is 87.1 cm³/mol. The number of amidine groups is 1. The Morgan fingerprint density at radius 3 is 2.70 bits per heavy atom. The van der Waals surface area contributed by atoms with Crippen molar-refractivity contribution < 1.29 is 0 Å². The van der Waals surface area contributed by atoms with Gasteiger partial charge in [-0.2, -0.15) is 4.99 Å². The fraction of sp³-hybridized carbons (Fsp3) is 0.154. The number of guanidine groups is 1. The average Bonchev–Trinajstić information content (AvgIpc) is 2.85. The van der Waals surface area contributed by atoms with E-state index in [2.05, 4.69) is 41.2 Å². The maximum absolute atomic E-state index is 7.55. The number of benzene rings is 1. The normalized spacial score (nSPS) is 10.2. The van der Waals surface area contributed by atoms with Gasteiger partial charge in [-0.3, -0.25) is 5.41 Å². The van der Waals surface area contributed by atoms with Gasteiger partial charge in [-0.05, 0) is 6.92 Å². The SMILES string of the molecule is Cc1ccc(-c2nc(CSC(=N)N=C(N)N)cs2)cc1. The summed E-state index contributed by atoms with van der Waals surface area (Å²) in [6, 6.07) is 8.26. The Kier molecular flexibility index (Phi) is 4.75. The van der Waals surface area contributed by atoms with Crippen LogP contribution in [0.2, 0.25) is 0 Å². The summed E-state index contributed by atoms with van der Waals surface area (Å²) >= 11 is 2.84. The molecule has 0 aliphatic rings. The number of hydrogen-bond donors (Lipinski definition) is 3. The summed E-state index contributed by atoms with van der Waals surface area (Å²) in [4.78, 5) is 8.21. The third-order valence-electron chi connectivity index (χ3n) is 2.44. The van der Waals surface area contributed by atoms with Crippen molar-refractivity contribution in [3.8, 4) is 10.6 Å². The first kappa shape index (κ1) is 14.5. The molecule has 0 fully saturated rings. The number of aryl methyl sites for hydroxylation is 1. The standard InChI is InChI=1S/C13H15N5S2/c1-8-2-4-9(5-3-8)11-17-10(6-19-11)7-20-13(16)18-12(14)15/h2-6H,7H2,1H3,(H5,14,15,16,18). The minimum atomic E-state index is -0.0962. The molecule has 20 heavy (non-hydrogen) atoms. The number of aliphatic imine (C=N–C) groups is 1. The molecule has 0 aliphatic heterocycles. The van der Waals surface area contributed by atoms with Crippen molar-refractivity contribution in [2.75, 3.05) is 0 Å². The lowest BCUT2D eigenvalue weighted by Crippen LogP contribution is -2.23. The molecular weight excluding hydrogens is 290 g/mol. The monoisotopic (exact) mass is 305 g/mol. The van der Waals surface area contributed by atoms with Crippen LogP contribution in [0.1, 0.15) is 11.3 Å². The van der Waals surface area contributed by atoms with Gasteiger partial charge in [-0.25, -0.2) is 4.98 Å². The van der Waals surface area contributed by atoms with Crippen LogP contribution in [-0.2, 0) is 5.75 Å². The van der Waals surface area contributed by atoms with Gasteiger partial charge in [-0.1, -0.05) is 41.6 Å². The third-order valence-corrected chi connectivity index (χ3v) is 4.18. The maximum Gasteiger partial charge on any atom is 0.193 e. The smallest absolute Gasteiger partial charge is 0.193 e. The van der Waals surface area contributed by atoms with Gasteiger partial charge >= 0.3 is 0 Å². The molecule has 7 heteroatoms. The highest BCUT2D eigenvalue weighted by Crippen LogP contribution is 2.25. The molecule has 0 saturated carbocycles. The molecule has 1 aromatic heterocycles. The number of thiazole rings is 1. The lowest BCUT2D eigenvalue weighted by molar-refractivity contribution is 1.24. The highest BCUT2D eigenvalue weighted by Gasteiger charge is 2.06. The van der Waals surface area contributed by atoms with E-state index in [-0.39, 0.29) is 11.1 Å². The first-order valence-electron chi connectivity index (χ1n) is 5.87. The van der Waals surface area contributed by atoms with Crippen LogP contribution < -0.4 is 11.5 Å². The first-order chi connectivity index (χ1) is 9.54. The highest BCUT2D eigenvalue weighted by atomic mass is 32.2. The summed E-state index contributed by atoms with van der Waals surface area (Å²) in [6.45, 7) is 2.06. The minimum absolute atomic E-state index is 0.0925. The van der Waals surface area contributed by atoms with Crippen LogP contribution >= 0.6 is 23.1 Å². The summed E-state index contributed by atoms with van der Waals surface area (Å²) in [5.74, 6) is 0.485. The molecule has 1 aromatic carbocycles. The van der Waals surface area contributed by atoms with Gasteiger partial charge in [0.05, 0.1) is 5.69 Å². The summed E-state index contributed by atoms with van der Waals surface area (Å²) in [7, 11) is 0. The second-order valence-electron chi connectivity index (χ2n) is 4.14. The highest BCUT2D eigenvalue weighted by molar-refractivity contribution is 8.13. The second kappa shape index (κ2) is 6.53. The molecule has 0 amide bonds. The Morgan fingerprint density at radius 1 is 1.35 bits per heavy atom. The zero-order valence-electron chi connectivity index (χ0n) is 11.0. The van der Waals surface area contributed by atoms with E-state index in [1.807, 2.05) is 5.38 Å². The number of nitrogens with zero attached hydrogens (tertiary/aromatic N) is 2. The first-order valence-corrected chi connectivity index (χ1v) is 7.73. The molecule has 2 aromatic rings. The van der Waals surface area contributed by atoms with Crippen LogP contribution in [0.15, 0.2) is 34.6 Å². The molecule has 1 heterocycles. The lowest BCUT2D eigenvalue weighted by Gasteiger charge is -1.98. The Balaban J connectivity index is 2.01. The average molecular weight is 305 g/mol. The molecule has 5 N–H and O–H groups in total. The molecule has 0 aliphatic carbocycles. The quantitative estimate of drug-likeness (QED) is 0.599. The molecule has 5 nitrogen and oxygen atoms in total. The number of hydrogen-bond acceptors (Lipinski definition) is 4. The Morgan fingerprint density at radius 2 is 2.05 bits per heavy atom. The zero-order chi connectivity index (χ0) is 14.5. The molecule has 0 spiro atoms. The van der Waals surface area contributed by atoms with E-state index < -0.39 is 0 Å². The Labute approximate surface area is 125 Å². The number of thioether (sulfide) groups is 1. The largest absolute Gasteiger partial charge is 0.370 e. The van der Waals surface area contributed by atoms with E-state index in [0.717, 1.165) is 16.3 Å². The Hall–Kier alpha value is -1.86. The van der Waals surface area contributed by atoms with E-state index in [1.54, 1.807) is 11.3 Å².